The van der Waals surface area contributed by atoms with Gasteiger partial charge in [-0.15, -0.1) is 0 Å². The smallest absolute Gasteiger partial charge is 0.260 e. The Labute approximate surface area is 173 Å². The number of oxazole rings is 1. The van der Waals surface area contributed by atoms with Crippen LogP contribution in [0, 0.1) is 11.6 Å². The van der Waals surface area contributed by atoms with E-state index in [4.69, 9.17) is 9.15 Å². The van der Waals surface area contributed by atoms with Gasteiger partial charge in [-0.3, -0.25) is 4.79 Å². The van der Waals surface area contributed by atoms with Crippen LogP contribution in [0.25, 0.3) is 0 Å². The number of halogens is 2. The lowest BCUT2D eigenvalue weighted by Crippen LogP contribution is -2.41. The van der Waals surface area contributed by atoms with E-state index in [1.165, 1.54) is 36.4 Å². The molecule has 1 saturated heterocycles. The first-order valence-corrected chi connectivity index (χ1v) is 9.92. The molecule has 1 fully saturated rings. The summed E-state index contributed by atoms with van der Waals surface area (Å²) in [6.45, 7) is 1.05. The molecule has 3 aromatic rings. The molecule has 0 spiro atoms. The van der Waals surface area contributed by atoms with Crippen LogP contribution < -0.4 is 4.74 Å². The van der Waals surface area contributed by atoms with Gasteiger partial charge in [0, 0.05) is 19.5 Å². The van der Waals surface area contributed by atoms with Gasteiger partial charge in [-0.05, 0) is 54.8 Å². The zero-order valence-electron chi connectivity index (χ0n) is 16.4. The number of rotatable bonds is 6. The maximum absolute atomic E-state index is 13.4. The summed E-state index contributed by atoms with van der Waals surface area (Å²) >= 11 is 0. The second kappa shape index (κ2) is 9.07. The van der Waals surface area contributed by atoms with Crippen LogP contribution in [0.2, 0.25) is 0 Å². The van der Waals surface area contributed by atoms with Crippen LogP contribution in [-0.4, -0.2) is 35.5 Å². The Balaban J connectivity index is 1.33. The average molecular weight is 412 g/mol. The number of benzene rings is 2. The number of ether oxygens (including phenoxy) is 1. The fraction of sp³-hybridized carbons (Fsp3) is 0.304. The highest BCUT2D eigenvalue weighted by Gasteiger charge is 2.28. The van der Waals surface area contributed by atoms with Gasteiger partial charge in [0.05, 0.1) is 12.1 Å². The third-order valence-electron chi connectivity index (χ3n) is 5.14. The zero-order valence-corrected chi connectivity index (χ0v) is 16.4. The molecule has 30 heavy (non-hydrogen) atoms. The van der Waals surface area contributed by atoms with E-state index in [2.05, 4.69) is 4.98 Å². The second-order valence-corrected chi connectivity index (χ2v) is 7.39. The molecule has 1 amide bonds. The maximum atomic E-state index is 13.4. The Morgan fingerprint density at radius 1 is 1.17 bits per heavy atom. The Bertz CT molecular complexity index is 1000. The highest BCUT2D eigenvalue weighted by atomic mass is 19.1. The fourth-order valence-corrected chi connectivity index (χ4v) is 3.61. The van der Waals surface area contributed by atoms with Crippen LogP contribution in [0.4, 0.5) is 8.78 Å². The van der Waals surface area contributed by atoms with Crippen molar-refractivity contribution in [3.05, 3.63) is 83.6 Å². The van der Waals surface area contributed by atoms with Crippen LogP contribution in [0.5, 0.6) is 5.75 Å². The number of aromatic nitrogens is 1. The van der Waals surface area contributed by atoms with Gasteiger partial charge in [-0.1, -0.05) is 12.1 Å². The van der Waals surface area contributed by atoms with Crippen molar-refractivity contribution in [2.45, 2.75) is 25.2 Å². The first kappa shape index (κ1) is 20.1. The highest BCUT2D eigenvalue weighted by molar-refractivity contribution is 5.78. The number of hydrogen-bond acceptors (Lipinski definition) is 4. The Morgan fingerprint density at radius 3 is 2.80 bits per heavy atom. The molecule has 0 N–H and O–H groups in total. The van der Waals surface area contributed by atoms with Crippen molar-refractivity contribution in [3.63, 3.8) is 0 Å². The Morgan fingerprint density at radius 2 is 2.00 bits per heavy atom. The summed E-state index contributed by atoms with van der Waals surface area (Å²) in [5.41, 5.74) is 0.816. The van der Waals surface area contributed by atoms with E-state index in [-0.39, 0.29) is 30.1 Å². The van der Waals surface area contributed by atoms with Gasteiger partial charge < -0.3 is 14.1 Å². The van der Waals surface area contributed by atoms with E-state index in [0.29, 0.717) is 36.9 Å². The Hall–Kier alpha value is -3.22. The van der Waals surface area contributed by atoms with Crippen molar-refractivity contribution in [2.75, 3.05) is 19.7 Å². The van der Waals surface area contributed by atoms with Gasteiger partial charge >= 0.3 is 0 Å². The molecule has 4 rings (SSSR count). The molecule has 1 aliphatic rings. The highest BCUT2D eigenvalue weighted by Crippen LogP contribution is 2.27. The standard InChI is InChI=1S/C23H22F2N2O3/c24-18-6-8-20(9-7-18)29-15-22(28)27-10-2-4-17(14-27)23-26-13-21(30-23)12-16-3-1-5-19(25)11-16/h1,3,5-9,11,13,17H,2,4,10,12,14-15H2/t17-/m1/s1. The molecule has 1 aromatic heterocycles. The summed E-state index contributed by atoms with van der Waals surface area (Å²) in [5.74, 6) is 0.960. The predicted molar refractivity (Wildman–Crippen MR) is 106 cm³/mol. The molecule has 0 aliphatic carbocycles. The summed E-state index contributed by atoms with van der Waals surface area (Å²) in [7, 11) is 0. The molecule has 156 valence electrons. The molecule has 2 aromatic carbocycles. The van der Waals surface area contributed by atoms with Crippen molar-refractivity contribution >= 4 is 5.91 Å². The lowest BCUT2D eigenvalue weighted by molar-refractivity contribution is -0.134. The van der Waals surface area contributed by atoms with Gasteiger partial charge in [0.15, 0.2) is 12.5 Å². The number of likely N-dealkylation sites (tertiary alicyclic amines) is 1. The van der Waals surface area contributed by atoms with E-state index < -0.39 is 0 Å². The summed E-state index contributed by atoms with van der Waals surface area (Å²) < 4.78 is 37.7. The molecule has 0 bridgehead atoms. The third kappa shape index (κ3) is 5.03. The second-order valence-electron chi connectivity index (χ2n) is 7.39. The van der Waals surface area contributed by atoms with E-state index in [9.17, 15) is 13.6 Å². The maximum Gasteiger partial charge on any atom is 0.260 e. The molecular weight excluding hydrogens is 390 g/mol. The lowest BCUT2D eigenvalue weighted by Gasteiger charge is -2.31. The molecule has 0 unspecified atom stereocenters. The SMILES string of the molecule is O=C(COc1ccc(F)cc1)N1CCC[C@@H](c2ncc(Cc3cccc(F)c3)o2)C1. The number of nitrogens with zero attached hydrogens (tertiary/aromatic N) is 2. The first-order chi connectivity index (χ1) is 14.6. The first-order valence-electron chi connectivity index (χ1n) is 9.92. The van der Waals surface area contributed by atoms with Crippen LogP contribution in [0.15, 0.2) is 59.1 Å². The molecular formula is C23H22F2N2O3. The molecule has 0 radical (unpaired) electrons. The van der Waals surface area contributed by atoms with Crippen molar-refractivity contribution in [3.8, 4) is 5.75 Å². The van der Waals surface area contributed by atoms with Crippen LogP contribution >= 0.6 is 0 Å². The van der Waals surface area contributed by atoms with Crippen LogP contribution in [0.1, 0.15) is 36.0 Å². The van der Waals surface area contributed by atoms with Gasteiger partial charge in [-0.25, -0.2) is 13.8 Å². The zero-order chi connectivity index (χ0) is 20.9. The van der Waals surface area contributed by atoms with Gasteiger partial charge in [0.2, 0.25) is 0 Å². The molecule has 7 heteroatoms. The molecule has 1 aliphatic heterocycles. The molecule has 5 nitrogen and oxygen atoms in total. The fourth-order valence-electron chi connectivity index (χ4n) is 3.61. The quantitative estimate of drug-likeness (QED) is 0.605. The number of carbonyl (C=O) groups is 1. The number of amides is 1. The van der Waals surface area contributed by atoms with Crippen molar-refractivity contribution in [1.82, 2.24) is 9.88 Å². The topological polar surface area (TPSA) is 55.6 Å². The summed E-state index contributed by atoms with van der Waals surface area (Å²) in [6.07, 6.45) is 3.85. The number of carbonyl (C=O) groups excluding carboxylic acids is 1. The minimum atomic E-state index is -0.352. The summed E-state index contributed by atoms with van der Waals surface area (Å²) in [5, 5.41) is 0. The van der Waals surface area contributed by atoms with Gasteiger partial charge in [-0.2, -0.15) is 0 Å². The third-order valence-corrected chi connectivity index (χ3v) is 5.14. The van der Waals surface area contributed by atoms with Crippen molar-refractivity contribution < 1.29 is 22.7 Å². The van der Waals surface area contributed by atoms with Crippen LogP contribution in [0.3, 0.4) is 0 Å². The summed E-state index contributed by atoms with van der Waals surface area (Å²) in [6, 6.07) is 12.0. The minimum Gasteiger partial charge on any atom is -0.484 e. The van der Waals surface area contributed by atoms with E-state index in [1.54, 1.807) is 17.2 Å². The average Bonchev–Trinajstić information content (AvgIpc) is 3.22. The van der Waals surface area contributed by atoms with Crippen molar-refractivity contribution in [2.24, 2.45) is 0 Å². The monoisotopic (exact) mass is 412 g/mol. The normalized spacial score (nSPS) is 16.5. The lowest BCUT2D eigenvalue weighted by atomic mass is 9.98. The van der Waals surface area contributed by atoms with Crippen LogP contribution in [-0.2, 0) is 11.2 Å². The van der Waals surface area contributed by atoms with Gasteiger partial charge in [0.25, 0.3) is 5.91 Å². The number of piperidine rings is 1. The van der Waals surface area contributed by atoms with E-state index in [1.807, 2.05) is 6.07 Å². The largest absolute Gasteiger partial charge is 0.484 e. The predicted octanol–water partition coefficient (Wildman–Crippen LogP) is 4.33. The molecule has 2 heterocycles. The molecule has 0 saturated carbocycles. The Kier molecular flexibility index (Phi) is 6.07. The van der Waals surface area contributed by atoms with E-state index in [0.717, 1.165) is 18.4 Å². The van der Waals surface area contributed by atoms with Gasteiger partial charge in [0.1, 0.15) is 23.1 Å². The van der Waals surface area contributed by atoms with Crippen molar-refractivity contribution in [1.29, 1.82) is 0 Å². The molecule has 1 atom stereocenters. The number of hydrogen-bond donors (Lipinski definition) is 0. The minimum absolute atomic E-state index is 0.00906. The van der Waals surface area contributed by atoms with E-state index >= 15 is 0 Å². The summed E-state index contributed by atoms with van der Waals surface area (Å²) in [4.78, 5) is 18.7.